The number of fused-ring (bicyclic) bond motifs is 2. The monoisotopic (exact) mass is 348 g/mol. The van der Waals surface area contributed by atoms with E-state index in [2.05, 4.69) is 9.98 Å². The summed E-state index contributed by atoms with van der Waals surface area (Å²) in [5, 5.41) is 10.0. The Hall–Kier alpha value is -2.83. The van der Waals surface area contributed by atoms with Crippen molar-refractivity contribution < 1.29 is 9.90 Å². The normalized spacial score (nSPS) is 23.2. The fourth-order valence-electron chi connectivity index (χ4n) is 4.00. The molecular formula is C20H20N4O2. The molecule has 1 atom stereocenters. The Labute approximate surface area is 151 Å². The summed E-state index contributed by atoms with van der Waals surface area (Å²) in [4.78, 5) is 22.0. The minimum absolute atomic E-state index is 0.0835. The predicted molar refractivity (Wildman–Crippen MR) is 102 cm³/mol. The molecule has 0 radical (unpaired) electrons. The average Bonchev–Trinajstić information content (AvgIpc) is 3.18. The number of benzene rings is 1. The van der Waals surface area contributed by atoms with Crippen molar-refractivity contribution in [2.45, 2.75) is 18.3 Å². The van der Waals surface area contributed by atoms with Gasteiger partial charge in [0.05, 0.1) is 16.8 Å². The molecule has 4 rings (SSSR count). The number of hydrogen-bond donors (Lipinski definition) is 3. The Kier molecular flexibility index (Phi) is 3.94. The summed E-state index contributed by atoms with van der Waals surface area (Å²) in [6, 6.07) is 5.03. The zero-order valence-corrected chi connectivity index (χ0v) is 14.3. The first-order valence-corrected chi connectivity index (χ1v) is 8.64. The van der Waals surface area contributed by atoms with Gasteiger partial charge in [0.25, 0.3) is 0 Å². The summed E-state index contributed by atoms with van der Waals surface area (Å²) < 4.78 is 0. The highest BCUT2D eigenvalue weighted by molar-refractivity contribution is 6.27. The maximum atomic E-state index is 13.0. The Balaban J connectivity index is 1.99. The second-order valence-electron chi connectivity index (χ2n) is 6.62. The van der Waals surface area contributed by atoms with Gasteiger partial charge in [0.2, 0.25) is 0 Å². The molecule has 1 unspecified atom stereocenters. The minimum Gasteiger partial charge on any atom is -0.508 e. The molecule has 1 aliphatic carbocycles. The fourth-order valence-corrected chi connectivity index (χ4v) is 4.00. The highest BCUT2D eigenvalue weighted by Crippen LogP contribution is 2.49. The number of phenols is 1. The number of aromatic hydroxyl groups is 1. The Bertz CT molecular complexity index is 953. The average molecular weight is 348 g/mol. The van der Waals surface area contributed by atoms with Crippen molar-refractivity contribution in [2.75, 3.05) is 13.1 Å². The maximum absolute atomic E-state index is 13.0. The number of allylic oxidation sites excluding steroid dienone is 4. The summed E-state index contributed by atoms with van der Waals surface area (Å²) in [5.41, 5.74) is 15.6. The summed E-state index contributed by atoms with van der Waals surface area (Å²) in [6.07, 6.45) is 8.01. The van der Waals surface area contributed by atoms with Crippen LogP contribution < -0.4 is 11.5 Å². The number of carbonyl (C=O) groups excluding carboxylic acids is 1. The van der Waals surface area contributed by atoms with Crippen LogP contribution >= 0.6 is 0 Å². The number of carbonyl (C=O) groups is 1. The lowest BCUT2D eigenvalue weighted by atomic mass is 9.67. The van der Waals surface area contributed by atoms with Gasteiger partial charge in [0.15, 0.2) is 5.78 Å². The zero-order chi connectivity index (χ0) is 18.3. The van der Waals surface area contributed by atoms with Gasteiger partial charge in [-0.3, -0.25) is 14.8 Å². The second-order valence-corrected chi connectivity index (χ2v) is 6.62. The van der Waals surface area contributed by atoms with Gasteiger partial charge in [-0.2, -0.15) is 0 Å². The van der Waals surface area contributed by atoms with Gasteiger partial charge in [-0.25, -0.2) is 0 Å². The van der Waals surface area contributed by atoms with Gasteiger partial charge >= 0.3 is 0 Å². The minimum atomic E-state index is -0.779. The van der Waals surface area contributed by atoms with Crippen LogP contribution in [-0.2, 0) is 10.2 Å². The first kappa shape index (κ1) is 16.6. The molecule has 2 heterocycles. The number of aliphatic imine (C=N–C) groups is 2. The molecule has 0 aromatic heterocycles. The number of phenolic OH excluding ortho intramolecular Hbond substituents is 1. The maximum Gasteiger partial charge on any atom is 0.183 e. The van der Waals surface area contributed by atoms with Crippen LogP contribution in [0.4, 0.5) is 5.69 Å². The quantitative estimate of drug-likeness (QED) is 0.704. The Morgan fingerprint density at radius 3 is 2.77 bits per heavy atom. The molecule has 1 aromatic carbocycles. The molecule has 6 nitrogen and oxygen atoms in total. The van der Waals surface area contributed by atoms with Crippen molar-refractivity contribution in [1.29, 1.82) is 0 Å². The van der Waals surface area contributed by atoms with E-state index >= 15 is 0 Å². The van der Waals surface area contributed by atoms with Crippen molar-refractivity contribution in [2.24, 2.45) is 21.5 Å². The number of nitrogens with zero attached hydrogens (tertiary/aromatic N) is 2. The Morgan fingerprint density at radius 2 is 2.00 bits per heavy atom. The van der Waals surface area contributed by atoms with E-state index < -0.39 is 5.41 Å². The molecule has 0 spiro atoms. The molecule has 2 aliphatic heterocycles. The van der Waals surface area contributed by atoms with Crippen LogP contribution in [0.15, 0.2) is 63.3 Å². The first-order valence-electron chi connectivity index (χ1n) is 8.64. The van der Waals surface area contributed by atoms with Gasteiger partial charge in [0, 0.05) is 23.6 Å². The van der Waals surface area contributed by atoms with Crippen LogP contribution in [0.3, 0.4) is 0 Å². The van der Waals surface area contributed by atoms with E-state index in [9.17, 15) is 9.90 Å². The van der Waals surface area contributed by atoms with Crippen LogP contribution in [0.25, 0.3) is 0 Å². The molecule has 6 heteroatoms. The second kappa shape index (κ2) is 6.16. The first-order chi connectivity index (χ1) is 12.6. The van der Waals surface area contributed by atoms with Crippen molar-refractivity contribution in [1.82, 2.24) is 0 Å². The Morgan fingerprint density at radius 1 is 1.15 bits per heavy atom. The molecule has 3 aliphatic rings. The van der Waals surface area contributed by atoms with Crippen molar-refractivity contribution in [3.05, 3.63) is 58.8 Å². The molecular weight excluding hydrogens is 328 g/mol. The number of rotatable bonds is 5. The third kappa shape index (κ3) is 2.30. The van der Waals surface area contributed by atoms with Gasteiger partial charge in [-0.05, 0) is 67.4 Å². The molecule has 0 saturated heterocycles. The lowest BCUT2D eigenvalue weighted by molar-refractivity contribution is -0.111. The van der Waals surface area contributed by atoms with E-state index in [-0.39, 0.29) is 11.5 Å². The molecule has 1 aromatic rings. The van der Waals surface area contributed by atoms with Crippen molar-refractivity contribution in [3.63, 3.8) is 0 Å². The molecule has 0 amide bonds. The molecule has 0 bridgehead atoms. The largest absolute Gasteiger partial charge is 0.508 e. The number of hydrogen-bond acceptors (Lipinski definition) is 6. The summed E-state index contributed by atoms with van der Waals surface area (Å²) in [6.45, 7) is 0.843. The van der Waals surface area contributed by atoms with Gasteiger partial charge in [0.1, 0.15) is 5.75 Å². The van der Waals surface area contributed by atoms with Gasteiger partial charge < -0.3 is 16.6 Å². The molecule has 26 heavy (non-hydrogen) atoms. The fraction of sp³-hybridized carbons (Fsp3) is 0.250. The number of nitrogens with two attached hydrogens (primary N) is 2. The van der Waals surface area contributed by atoms with Gasteiger partial charge in [-0.1, -0.05) is 0 Å². The van der Waals surface area contributed by atoms with E-state index in [4.69, 9.17) is 11.5 Å². The number of ketones is 1. The zero-order valence-electron chi connectivity index (χ0n) is 14.3. The predicted octanol–water partition coefficient (Wildman–Crippen LogP) is 1.82. The summed E-state index contributed by atoms with van der Waals surface area (Å²) in [5.74, 6) is 0.0537. The van der Waals surface area contributed by atoms with Crippen LogP contribution in [0.5, 0.6) is 5.75 Å². The molecule has 0 fully saturated rings. The van der Waals surface area contributed by atoms with Gasteiger partial charge in [-0.15, -0.1) is 0 Å². The highest BCUT2D eigenvalue weighted by Gasteiger charge is 2.45. The SMILES string of the molecule is NCCC1=CN=C2C=CC(=O)C(C3(CCN)C=Nc4ccc(O)cc43)=C12. The third-order valence-corrected chi connectivity index (χ3v) is 5.11. The topological polar surface area (TPSA) is 114 Å². The van der Waals surface area contributed by atoms with E-state index in [1.165, 1.54) is 0 Å². The van der Waals surface area contributed by atoms with Crippen LogP contribution in [0.1, 0.15) is 18.4 Å². The van der Waals surface area contributed by atoms with Crippen molar-refractivity contribution >= 4 is 23.4 Å². The molecule has 132 valence electrons. The van der Waals surface area contributed by atoms with Crippen molar-refractivity contribution in [3.8, 4) is 5.75 Å². The smallest absolute Gasteiger partial charge is 0.183 e. The van der Waals surface area contributed by atoms with Crippen LogP contribution in [0.2, 0.25) is 0 Å². The highest BCUT2D eigenvalue weighted by atomic mass is 16.3. The third-order valence-electron chi connectivity index (χ3n) is 5.11. The van der Waals surface area contributed by atoms with E-state index in [1.807, 2.05) is 0 Å². The molecule has 0 saturated carbocycles. The lowest BCUT2D eigenvalue weighted by Gasteiger charge is -2.32. The summed E-state index contributed by atoms with van der Waals surface area (Å²) >= 11 is 0. The van der Waals surface area contributed by atoms with E-state index in [0.717, 1.165) is 28.1 Å². The summed E-state index contributed by atoms with van der Waals surface area (Å²) in [7, 11) is 0. The van der Waals surface area contributed by atoms with E-state index in [1.54, 1.807) is 42.8 Å². The molecule has 5 N–H and O–H groups in total. The standard InChI is InChI=1S/C20H20N4O2/c21-7-5-12-10-23-16-3-4-17(26)19(18(12)16)20(6-8-22)11-24-15-2-1-13(25)9-14(15)20/h1-4,9-11,25H,5-8,21-22H2. The lowest BCUT2D eigenvalue weighted by Crippen LogP contribution is -2.37. The van der Waals surface area contributed by atoms with E-state index in [0.29, 0.717) is 31.5 Å². The van der Waals surface area contributed by atoms with Crippen LogP contribution in [-0.4, -0.2) is 35.9 Å². The van der Waals surface area contributed by atoms with Crippen LogP contribution in [0, 0.1) is 0 Å².